The number of benzene rings is 2. The highest BCUT2D eigenvalue weighted by atomic mass is 79.9. The summed E-state index contributed by atoms with van der Waals surface area (Å²) in [7, 11) is 0. The molecule has 0 amide bonds. The Bertz CT molecular complexity index is 569. The van der Waals surface area contributed by atoms with Crippen LogP contribution in [0.4, 0.5) is 0 Å². The number of ether oxygens (including phenoxy) is 1. The summed E-state index contributed by atoms with van der Waals surface area (Å²) in [6.45, 7) is 6.71. The van der Waals surface area contributed by atoms with E-state index in [2.05, 4.69) is 59.4 Å². The van der Waals surface area contributed by atoms with Crippen molar-refractivity contribution in [3.63, 3.8) is 0 Å². The second-order valence-corrected chi connectivity index (χ2v) is 6.08. The minimum atomic E-state index is 0.601. The molecule has 1 N–H and O–H groups in total. The molecule has 0 aliphatic rings. The Labute approximate surface area is 135 Å². The summed E-state index contributed by atoms with van der Waals surface area (Å²) in [6, 6.07) is 14.5. The van der Waals surface area contributed by atoms with Crippen molar-refractivity contribution >= 4 is 15.9 Å². The largest absolute Gasteiger partial charge is 0.488 e. The average Bonchev–Trinajstić information content (AvgIpc) is 2.47. The van der Waals surface area contributed by atoms with E-state index in [9.17, 15) is 0 Å². The molecular weight excluding hydrogens is 326 g/mol. The van der Waals surface area contributed by atoms with Gasteiger partial charge in [-0.15, -0.1) is 0 Å². The van der Waals surface area contributed by atoms with Crippen LogP contribution in [0.25, 0.3) is 0 Å². The normalized spacial score (nSPS) is 10.6. The molecule has 0 aliphatic heterocycles. The first kappa shape index (κ1) is 16.1. The van der Waals surface area contributed by atoms with Gasteiger partial charge in [0.1, 0.15) is 12.4 Å². The lowest BCUT2D eigenvalue weighted by atomic mass is 10.1. The average molecular weight is 348 g/mol. The molecule has 0 unspecified atom stereocenters. The van der Waals surface area contributed by atoms with Crippen LogP contribution in [0.1, 0.15) is 30.0 Å². The number of hydrogen-bond donors (Lipinski definition) is 1. The van der Waals surface area contributed by atoms with Crippen molar-refractivity contribution in [3.8, 4) is 5.75 Å². The Balaban J connectivity index is 2.12. The fourth-order valence-corrected chi connectivity index (χ4v) is 2.89. The van der Waals surface area contributed by atoms with Crippen LogP contribution in [0, 0.1) is 6.92 Å². The number of halogens is 1. The maximum absolute atomic E-state index is 6.08. The van der Waals surface area contributed by atoms with Crippen LogP contribution >= 0.6 is 15.9 Å². The lowest BCUT2D eigenvalue weighted by Crippen LogP contribution is -2.15. The summed E-state index contributed by atoms with van der Waals surface area (Å²) < 4.78 is 7.18. The van der Waals surface area contributed by atoms with Gasteiger partial charge in [-0.05, 0) is 43.1 Å². The fourth-order valence-electron chi connectivity index (χ4n) is 2.27. The summed E-state index contributed by atoms with van der Waals surface area (Å²) >= 11 is 3.57. The highest BCUT2D eigenvalue weighted by Crippen LogP contribution is 2.28. The Kier molecular flexibility index (Phi) is 6.27. The summed E-state index contributed by atoms with van der Waals surface area (Å²) in [5.74, 6) is 0.991. The smallest absolute Gasteiger partial charge is 0.127 e. The number of nitrogens with one attached hydrogen (secondary N) is 1. The molecule has 2 aromatic rings. The van der Waals surface area contributed by atoms with Crippen molar-refractivity contribution in [1.82, 2.24) is 5.32 Å². The summed E-state index contributed by atoms with van der Waals surface area (Å²) in [5, 5.41) is 3.44. The van der Waals surface area contributed by atoms with Gasteiger partial charge in [-0.25, -0.2) is 0 Å². The van der Waals surface area contributed by atoms with Gasteiger partial charge in [-0.1, -0.05) is 53.2 Å². The van der Waals surface area contributed by atoms with Gasteiger partial charge in [-0.2, -0.15) is 0 Å². The quantitative estimate of drug-likeness (QED) is 0.723. The van der Waals surface area contributed by atoms with Crippen LogP contribution in [-0.2, 0) is 13.2 Å². The molecule has 0 atom stereocenters. The van der Waals surface area contributed by atoms with E-state index >= 15 is 0 Å². The van der Waals surface area contributed by atoms with Crippen molar-refractivity contribution < 1.29 is 4.74 Å². The van der Waals surface area contributed by atoms with E-state index in [1.807, 2.05) is 18.2 Å². The molecule has 0 spiro atoms. The van der Waals surface area contributed by atoms with Gasteiger partial charge in [0.25, 0.3) is 0 Å². The van der Waals surface area contributed by atoms with E-state index in [4.69, 9.17) is 4.74 Å². The van der Waals surface area contributed by atoms with Gasteiger partial charge < -0.3 is 10.1 Å². The van der Waals surface area contributed by atoms with Crippen LogP contribution in [0.15, 0.2) is 46.9 Å². The minimum absolute atomic E-state index is 0.601. The van der Waals surface area contributed by atoms with E-state index in [1.165, 1.54) is 11.1 Å². The maximum atomic E-state index is 6.08. The van der Waals surface area contributed by atoms with E-state index < -0.39 is 0 Å². The van der Waals surface area contributed by atoms with E-state index in [1.54, 1.807) is 0 Å². The van der Waals surface area contributed by atoms with E-state index in [0.717, 1.165) is 35.3 Å². The van der Waals surface area contributed by atoms with Gasteiger partial charge in [-0.3, -0.25) is 0 Å². The molecule has 112 valence electrons. The summed E-state index contributed by atoms with van der Waals surface area (Å²) in [4.78, 5) is 0. The highest BCUT2D eigenvalue weighted by Gasteiger charge is 2.09. The zero-order chi connectivity index (χ0) is 15.1. The summed E-state index contributed by atoms with van der Waals surface area (Å²) in [6.07, 6.45) is 1.13. The van der Waals surface area contributed by atoms with Gasteiger partial charge in [0.2, 0.25) is 0 Å². The predicted octanol–water partition coefficient (Wildman–Crippen LogP) is 4.84. The Morgan fingerprint density at radius 1 is 1.14 bits per heavy atom. The molecule has 2 rings (SSSR count). The van der Waals surface area contributed by atoms with Gasteiger partial charge in [0.05, 0.1) is 0 Å². The molecule has 2 nitrogen and oxygen atoms in total. The molecule has 0 heterocycles. The second kappa shape index (κ2) is 8.20. The SMILES string of the molecule is CCCNCc1cc(Br)cc(C)c1OCc1ccccc1. The highest BCUT2D eigenvalue weighted by molar-refractivity contribution is 9.10. The van der Waals surface area contributed by atoms with Crippen LogP contribution in [0.2, 0.25) is 0 Å². The molecule has 0 aliphatic carbocycles. The lowest BCUT2D eigenvalue weighted by Gasteiger charge is -2.15. The molecule has 0 saturated carbocycles. The molecular formula is C18H22BrNO. The zero-order valence-electron chi connectivity index (χ0n) is 12.7. The molecule has 0 bridgehead atoms. The third-order valence-corrected chi connectivity index (χ3v) is 3.74. The molecule has 0 aromatic heterocycles. The lowest BCUT2D eigenvalue weighted by molar-refractivity contribution is 0.300. The molecule has 21 heavy (non-hydrogen) atoms. The topological polar surface area (TPSA) is 21.3 Å². The number of rotatable bonds is 7. The van der Waals surface area contributed by atoms with Crippen molar-refractivity contribution in [1.29, 1.82) is 0 Å². The first-order valence-electron chi connectivity index (χ1n) is 7.37. The van der Waals surface area contributed by atoms with Crippen molar-refractivity contribution in [2.45, 2.75) is 33.4 Å². The first-order valence-corrected chi connectivity index (χ1v) is 8.16. The monoisotopic (exact) mass is 347 g/mol. The van der Waals surface area contributed by atoms with Crippen molar-refractivity contribution in [2.75, 3.05) is 6.54 Å². The Morgan fingerprint density at radius 3 is 2.62 bits per heavy atom. The van der Waals surface area contributed by atoms with E-state index in [0.29, 0.717) is 6.61 Å². The van der Waals surface area contributed by atoms with Crippen LogP contribution in [0.3, 0.4) is 0 Å². The second-order valence-electron chi connectivity index (χ2n) is 5.16. The maximum Gasteiger partial charge on any atom is 0.127 e. The van der Waals surface area contributed by atoms with Crippen molar-refractivity contribution in [3.05, 3.63) is 63.6 Å². The molecule has 2 aromatic carbocycles. The third-order valence-electron chi connectivity index (χ3n) is 3.28. The van der Waals surface area contributed by atoms with Crippen LogP contribution in [-0.4, -0.2) is 6.54 Å². The van der Waals surface area contributed by atoms with Crippen LogP contribution in [0.5, 0.6) is 5.75 Å². The molecule has 0 fully saturated rings. The van der Waals surface area contributed by atoms with Crippen LogP contribution < -0.4 is 10.1 Å². The minimum Gasteiger partial charge on any atom is -0.488 e. The first-order chi connectivity index (χ1) is 10.2. The Morgan fingerprint density at radius 2 is 1.90 bits per heavy atom. The van der Waals surface area contributed by atoms with Gasteiger partial charge in [0.15, 0.2) is 0 Å². The summed E-state index contributed by atoms with van der Waals surface area (Å²) in [5.41, 5.74) is 3.55. The Hall–Kier alpha value is -1.32. The predicted molar refractivity (Wildman–Crippen MR) is 91.7 cm³/mol. The zero-order valence-corrected chi connectivity index (χ0v) is 14.2. The van der Waals surface area contributed by atoms with E-state index in [-0.39, 0.29) is 0 Å². The fraction of sp³-hybridized carbons (Fsp3) is 0.333. The molecule has 0 radical (unpaired) electrons. The third kappa shape index (κ3) is 4.87. The molecule has 0 saturated heterocycles. The number of aryl methyl sites for hydroxylation is 1. The van der Waals surface area contributed by atoms with Crippen molar-refractivity contribution in [2.24, 2.45) is 0 Å². The van der Waals surface area contributed by atoms with Gasteiger partial charge >= 0.3 is 0 Å². The standard InChI is InChI=1S/C18H22BrNO/c1-3-9-20-12-16-11-17(19)10-14(2)18(16)21-13-15-7-5-4-6-8-15/h4-8,10-11,20H,3,9,12-13H2,1-2H3. The van der Waals surface area contributed by atoms with Gasteiger partial charge in [0, 0.05) is 16.6 Å². The number of hydrogen-bond acceptors (Lipinski definition) is 2. The molecule has 3 heteroatoms.